The van der Waals surface area contributed by atoms with Gasteiger partial charge in [-0.2, -0.15) is 0 Å². The fourth-order valence-electron chi connectivity index (χ4n) is 1.61. The topological polar surface area (TPSA) is 62.5 Å². The Morgan fingerprint density at radius 2 is 2.13 bits per heavy atom. The van der Waals surface area contributed by atoms with E-state index in [1.807, 2.05) is 0 Å². The predicted octanol–water partition coefficient (Wildman–Crippen LogP) is 2.24. The Hall–Kier alpha value is -1.68. The molecule has 0 spiro atoms. The minimum atomic E-state index is -1.05. The lowest BCUT2D eigenvalue weighted by atomic mass is 10.2. The lowest BCUT2D eigenvalue weighted by molar-refractivity contribution is 0.0687. The minimum absolute atomic E-state index is 0.0255. The summed E-state index contributed by atoms with van der Waals surface area (Å²) in [6, 6.07) is 4.38. The second kappa shape index (κ2) is 3.17. The quantitative estimate of drug-likeness (QED) is 0.782. The summed E-state index contributed by atoms with van der Waals surface area (Å²) in [4.78, 5) is 10.9. The molecule has 0 fully saturated rings. The first-order chi connectivity index (χ1) is 7.02. The van der Waals surface area contributed by atoms with Crippen LogP contribution < -0.4 is 0 Å². The smallest absolute Gasteiger partial charge is 0.352 e. The molecular weight excluding hydrogens is 218 g/mol. The standard InChI is InChI=1S/C10H8ClNO3/c1-12-7(10(14)15)4-5-8(13)3-2-6(11)9(5)12/h2-4,13H,1H3,(H,14,15). The highest BCUT2D eigenvalue weighted by Crippen LogP contribution is 2.32. The molecule has 1 heterocycles. The Morgan fingerprint density at radius 1 is 1.47 bits per heavy atom. The van der Waals surface area contributed by atoms with E-state index in [-0.39, 0.29) is 11.4 Å². The molecule has 0 aliphatic carbocycles. The molecule has 15 heavy (non-hydrogen) atoms. The third-order valence-electron chi connectivity index (χ3n) is 2.34. The number of benzene rings is 1. The molecule has 2 aromatic rings. The van der Waals surface area contributed by atoms with E-state index < -0.39 is 5.97 Å². The molecule has 2 rings (SSSR count). The molecule has 0 saturated carbocycles. The number of phenolic OH excluding ortho intramolecular Hbond substituents is 1. The van der Waals surface area contributed by atoms with Gasteiger partial charge in [0.15, 0.2) is 0 Å². The number of phenols is 1. The molecule has 4 nitrogen and oxygen atoms in total. The van der Waals surface area contributed by atoms with Crippen LogP contribution in [-0.4, -0.2) is 20.7 Å². The zero-order valence-electron chi connectivity index (χ0n) is 7.86. The molecule has 1 aromatic heterocycles. The van der Waals surface area contributed by atoms with Crippen LogP contribution in [0.15, 0.2) is 18.2 Å². The van der Waals surface area contributed by atoms with Crippen molar-refractivity contribution in [2.75, 3.05) is 0 Å². The van der Waals surface area contributed by atoms with Gasteiger partial charge in [-0.15, -0.1) is 0 Å². The lowest BCUT2D eigenvalue weighted by Gasteiger charge is -2.01. The third kappa shape index (κ3) is 1.34. The van der Waals surface area contributed by atoms with E-state index in [1.54, 1.807) is 7.05 Å². The van der Waals surface area contributed by atoms with Crippen LogP contribution >= 0.6 is 11.6 Å². The first-order valence-electron chi connectivity index (χ1n) is 4.22. The van der Waals surface area contributed by atoms with Gasteiger partial charge in [-0.3, -0.25) is 0 Å². The largest absolute Gasteiger partial charge is 0.507 e. The van der Waals surface area contributed by atoms with Crippen LogP contribution in [0.1, 0.15) is 10.5 Å². The number of aromatic nitrogens is 1. The fraction of sp³-hybridized carbons (Fsp3) is 0.100. The molecule has 0 unspecified atom stereocenters. The number of halogens is 1. The molecule has 0 amide bonds. The van der Waals surface area contributed by atoms with Gasteiger partial charge in [-0.1, -0.05) is 11.6 Å². The van der Waals surface area contributed by atoms with Gasteiger partial charge in [0.2, 0.25) is 0 Å². The number of hydrogen-bond acceptors (Lipinski definition) is 2. The van der Waals surface area contributed by atoms with Crippen LogP contribution in [0.3, 0.4) is 0 Å². The Bertz CT molecular complexity index is 559. The Morgan fingerprint density at radius 3 is 2.67 bits per heavy atom. The molecule has 0 saturated heterocycles. The molecule has 5 heteroatoms. The van der Waals surface area contributed by atoms with Gasteiger partial charge in [0.05, 0.1) is 10.5 Å². The zero-order chi connectivity index (χ0) is 11.2. The van der Waals surface area contributed by atoms with Crippen LogP contribution in [0.2, 0.25) is 5.02 Å². The number of carbonyl (C=O) groups is 1. The Balaban J connectivity index is 2.93. The van der Waals surface area contributed by atoms with Crippen molar-refractivity contribution in [3.8, 4) is 5.75 Å². The summed E-state index contributed by atoms with van der Waals surface area (Å²) in [5.41, 5.74) is 0.613. The summed E-state index contributed by atoms with van der Waals surface area (Å²) in [5, 5.41) is 19.3. The maximum Gasteiger partial charge on any atom is 0.352 e. The maximum absolute atomic E-state index is 10.9. The Labute approximate surface area is 90.3 Å². The fourth-order valence-corrected chi connectivity index (χ4v) is 1.90. The number of carboxylic acid groups (broad SMARTS) is 1. The van der Waals surface area contributed by atoms with Gasteiger partial charge in [-0.25, -0.2) is 4.79 Å². The van der Waals surface area contributed by atoms with E-state index >= 15 is 0 Å². The van der Waals surface area contributed by atoms with Gasteiger partial charge in [0.1, 0.15) is 11.4 Å². The molecule has 0 aliphatic heterocycles. The van der Waals surface area contributed by atoms with Crippen molar-refractivity contribution in [1.82, 2.24) is 4.57 Å². The van der Waals surface area contributed by atoms with Crippen LogP contribution in [0, 0.1) is 0 Å². The van der Waals surface area contributed by atoms with E-state index in [1.165, 1.54) is 22.8 Å². The van der Waals surface area contributed by atoms with Gasteiger partial charge >= 0.3 is 5.97 Å². The number of nitrogens with zero attached hydrogens (tertiary/aromatic N) is 1. The number of fused-ring (bicyclic) bond motifs is 1. The molecule has 0 atom stereocenters. The molecule has 2 N–H and O–H groups in total. The highest BCUT2D eigenvalue weighted by molar-refractivity contribution is 6.35. The number of aromatic carboxylic acids is 1. The number of rotatable bonds is 1. The van der Waals surface area contributed by atoms with Crippen molar-refractivity contribution in [1.29, 1.82) is 0 Å². The van der Waals surface area contributed by atoms with Crippen molar-refractivity contribution >= 4 is 28.5 Å². The van der Waals surface area contributed by atoms with E-state index in [2.05, 4.69) is 0 Å². The monoisotopic (exact) mass is 225 g/mol. The highest BCUT2D eigenvalue weighted by atomic mass is 35.5. The van der Waals surface area contributed by atoms with Gasteiger partial charge in [-0.05, 0) is 18.2 Å². The number of hydrogen-bond donors (Lipinski definition) is 2. The van der Waals surface area contributed by atoms with Crippen molar-refractivity contribution < 1.29 is 15.0 Å². The average molecular weight is 226 g/mol. The number of carboxylic acids is 1. The van der Waals surface area contributed by atoms with Crippen molar-refractivity contribution in [2.45, 2.75) is 0 Å². The van der Waals surface area contributed by atoms with E-state index in [0.717, 1.165) is 0 Å². The second-order valence-electron chi connectivity index (χ2n) is 3.22. The van der Waals surface area contributed by atoms with Crippen molar-refractivity contribution in [2.24, 2.45) is 7.05 Å². The second-order valence-corrected chi connectivity index (χ2v) is 3.63. The summed E-state index contributed by atoms with van der Waals surface area (Å²) in [5.74, 6) is -1.03. The van der Waals surface area contributed by atoms with Crippen LogP contribution in [0.25, 0.3) is 10.9 Å². The van der Waals surface area contributed by atoms with E-state index in [4.69, 9.17) is 16.7 Å². The summed E-state index contributed by atoms with van der Waals surface area (Å²) in [6.45, 7) is 0. The summed E-state index contributed by atoms with van der Waals surface area (Å²) < 4.78 is 1.44. The van der Waals surface area contributed by atoms with Gasteiger partial charge in [0.25, 0.3) is 0 Å². The minimum Gasteiger partial charge on any atom is -0.507 e. The summed E-state index contributed by atoms with van der Waals surface area (Å²) >= 11 is 5.93. The maximum atomic E-state index is 10.9. The lowest BCUT2D eigenvalue weighted by Crippen LogP contribution is -2.03. The normalized spacial score (nSPS) is 10.8. The zero-order valence-corrected chi connectivity index (χ0v) is 8.62. The first kappa shape index (κ1) is 9.86. The molecule has 0 radical (unpaired) electrons. The van der Waals surface area contributed by atoms with Crippen molar-refractivity contribution in [3.63, 3.8) is 0 Å². The molecule has 0 bridgehead atoms. The predicted molar refractivity (Wildman–Crippen MR) is 56.6 cm³/mol. The van der Waals surface area contributed by atoms with E-state index in [0.29, 0.717) is 15.9 Å². The van der Waals surface area contributed by atoms with Crippen molar-refractivity contribution in [3.05, 3.63) is 28.9 Å². The average Bonchev–Trinajstić information content (AvgIpc) is 2.51. The number of aryl methyl sites for hydroxylation is 1. The summed E-state index contributed by atoms with van der Waals surface area (Å²) in [6.07, 6.45) is 0. The van der Waals surface area contributed by atoms with E-state index in [9.17, 15) is 9.90 Å². The van der Waals surface area contributed by atoms with Crippen LogP contribution in [0.5, 0.6) is 5.75 Å². The van der Waals surface area contributed by atoms with Crippen LogP contribution in [0.4, 0.5) is 0 Å². The number of aromatic hydroxyl groups is 1. The molecular formula is C10H8ClNO3. The third-order valence-corrected chi connectivity index (χ3v) is 2.65. The highest BCUT2D eigenvalue weighted by Gasteiger charge is 2.16. The summed E-state index contributed by atoms with van der Waals surface area (Å²) in [7, 11) is 1.59. The van der Waals surface area contributed by atoms with Crippen LogP contribution in [-0.2, 0) is 7.05 Å². The van der Waals surface area contributed by atoms with Gasteiger partial charge in [0, 0.05) is 12.4 Å². The molecule has 78 valence electrons. The SMILES string of the molecule is Cn1c(C(=O)O)cc2c(O)ccc(Cl)c21. The van der Waals surface area contributed by atoms with Gasteiger partial charge < -0.3 is 14.8 Å². The molecule has 1 aromatic carbocycles. The molecule has 0 aliphatic rings. The first-order valence-corrected chi connectivity index (χ1v) is 4.60. The Kier molecular flexibility index (Phi) is 2.08.